The van der Waals surface area contributed by atoms with Crippen LogP contribution >= 0.6 is 7.82 Å². The largest absolute Gasteiger partial charge is 0.527 e. The molecule has 1 unspecified atom stereocenters. The Morgan fingerprint density at radius 3 is 2.71 bits per heavy atom. The van der Waals surface area contributed by atoms with Crippen molar-refractivity contribution in [3.63, 3.8) is 0 Å². The SMILES string of the molecule is CCOC(=O)C[n+]1cccc(OP(=O)(O)OC[C@H]2O[C@@H](n3cc(F)c(=O)[nH]c3=O)C[C@@H]2OC(=O)c2ccccc2)c1. The fourth-order valence-corrected chi connectivity index (χ4v) is 4.70. The van der Waals surface area contributed by atoms with Gasteiger partial charge < -0.3 is 18.7 Å². The van der Waals surface area contributed by atoms with Crippen LogP contribution in [-0.2, 0) is 34.6 Å². The fourth-order valence-electron chi connectivity index (χ4n) is 3.93. The average Bonchev–Trinajstić information content (AvgIpc) is 3.32. The monoisotopic (exact) mass is 594 g/mol. The third-order valence-electron chi connectivity index (χ3n) is 5.75. The highest BCUT2D eigenvalue weighted by Gasteiger charge is 2.41. The maximum Gasteiger partial charge on any atom is 0.527 e. The minimum absolute atomic E-state index is 0.102. The van der Waals surface area contributed by atoms with Crippen LogP contribution in [0.5, 0.6) is 5.75 Å². The van der Waals surface area contributed by atoms with E-state index in [1.54, 1.807) is 25.1 Å². The molecule has 1 saturated heterocycles. The fraction of sp³-hybridized carbons (Fsp3) is 0.320. The molecule has 3 aromatic rings. The number of hydrogen-bond donors (Lipinski definition) is 2. The zero-order valence-electron chi connectivity index (χ0n) is 21.6. The molecule has 0 saturated carbocycles. The molecule has 3 heterocycles. The summed E-state index contributed by atoms with van der Waals surface area (Å²) in [6, 6.07) is 10.8. The van der Waals surface area contributed by atoms with Crippen LogP contribution in [0.25, 0.3) is 0 Å². The molecule has 14 nitrogen and oxygen atoms in total. The van der Waals surface area contributed by atoms with Gasteiger partial charge in [-0.05, 0) is 25.1 Å². The third-order valence-corrected chi connectivity index (χ3v) is 6.67. The second-order valence-electron chi connectivity index (χ2n) is 8.69. The van der Waals surface area contributed by atoms with Crippen LogP contribution in [0.2, 0.25) is 0 Å². The van der Waals surface area contributed by atoms with Gasteiger partial charge in [0.1, 0.15) is 18.4 Å². The zero-order chi connectivity index (χ0) is 29.6. The van der Waals surface area contributed by atoms with Crippen molar-refractivity contribution in [1.82, 2.24) is 9.55 Å². The van der Waals surface area contributed by atoms with Gasteiger partial charge >= 0.3 is 25.5 Å². The smallest absolute Gasteiger partial charge is 0.461 e. The first-order chi connectivity index (χ1) is 19.5. The number of nitrogens with zero attached hydrogens (tertiary/aromatic N) is 2. The summed E-state index contributed by atoms with van der Waals surface area (Å²) in [7, 11) is -4.79. The predicted molar refractivity (Wildman–Crippen MR) is 135 cm³/mol. The molecule has 1 fully saturated rings. The molecule has 0 amide bonds. The van der Waals surface area contributed by atoms with Gasteiger partial charge in [0.05, 0.1) is 25.0 Å². The zero-order valence-corrected chi connectivity index (χ0v) is 22.5. The van der Waals surface area contributed by atoms with Crippen LogP contribution in [0.15, 0.2) is 70.6 Å². The van der Waals surface area contributed by atoms with Crippen LogP contribution in [0.4, 0.5) is 4.39 Å². The van der Waals surface area contributed by atoms with E-state index in [1.165, 1.54) is 41.2 Å². The van der Waals surface area contributed by atoms with Crippen LogP contribution in [0.1, 0.15) is 29.9 Å². The average molecular weight is 594 g/mol. The first-order valence-corrected chi connectivity index (χ1v) is 13.8. The number of phosphoric ester groups is 1. The number of ether oxygens (including phenoxy) is 3. The van der Waals surface area contributed by atoms with E-state index >= 15 is 0 Å². The summed E-state index contributed by atoms with van der Waals surface area (Å²) in [5, 5.41) is 0. The van der Waals surface area contributed by atoms with Crippen molar-refractivity contribution in [2.45, 2.75) is 38.3 Å². The van der Waals surface area contributed by atoms with E-state index < -0.39 is 61.9 Å². The molecule has 1 aliphatic heterocycles. The van der Waals surface area contributed by atoms with Gasteiger partial charge in [-0.1, -0.05) is 18.2 Å². The molecule has 0 radical (unpaired) electrons. The number of H-pyrrole nitrogens is 1. The normalized spacial score (nSPS) is 19.7. The van der Waals surface area contributed by atoms with E-state index in [0.29, 0.717) is 6.20 Å². The number of hydrogen-bond acceptors (Lipinski definition) is 10. The molecule has 0 aliphatic carbocycles. The Balaban J connectivity index is 1.48. The molecule has 218 valence electrons. The topological polar surface area (TPSA) is 176 Å². The maximum atomic E-state index is 13.9. The van der Waals surface area contributed by atoms with E-state index in [0.717, 1.165) is 4.57 Å². The third kappa shape index (κ3) is 7.95. The number of halogens is 1. The Labute approximate surface area is 231 Å². The Morgan fingerprint density at radius 1 is 1.22 bits per heavy atom. The molecule has 4 atom stereocenters. The van der Waals surface area contributed by atoms with Crippen molar-refractivity contribution in [3.05, 3.63) is 93.3 Å². The van der Waals surface area contributed by atoms with Gasteiger partial charge in [0.2, 0.25) is 18.6 Å². The van der Waals surface area contributed by atoms with Crippen LogP contribution < -0.4 is 20.3 Å². The number of pyridine rings is 1. The van der Waals surface area contributed by atoms with Crippen molar-refractivity contribution in [1.29, 1.82) is 0 Å². The second-order valence-corrected chi connectivity index (χ2v) is 10.1. The van der Waals surface area contributed by atoms with E-state index in [-0.39, 0.29) is 30.9 Å². The predicted octanol–water partition coefficient (Wildman–Crippen LogP) is 1.24. The molecule has 2 aromatic heterocycles. The van der Waals surface area contributed by atoms with Gasteiger partial charge in [-0.15, -0.1) is 0 Å². The number of aromatic amines is 1. The lowest BCUT2D eigenvalue weighted by Gasteiger charge is -2.20. The quantitative estimate of drug-likeness (QED) is 0.186. The molecule has 0 spiro atoms. The summed E-state index contributed by atoms with van der Waals surface area (Å²) in [5.74, 6) is -2.62. The van der Waals surface area contributed by atoms with E-state index in [2.05, 4.69) is 0 Å². The summed E-state index contributed by atoms with van der Waals surface area (Å²) in [6.45, 7) is 1.03. The highest BCUT2D eigenvalue weighted by atomic mass is 31.2. The summed E-state index contributed by atoms with van der Waals surface area (Å²) in [4.78, 5) is 60.3. The second kappa shape index (κ2) is 13.0. The Morgan fingerprint density at radius 2 is 1.98 bits per heavy atom. The number of rotatable bonds is 11. The summed E-state index contributed by atoms with van der Waals surface area (Å²) < 4.78 is 55.1. The van der Waals surface area contributed by atoms with Gasteiger partial charge in [0.15, 0.2) is 11.9 Å². The standard InChI is InChI=1S/C25H25FN3O11P/c1-2-36-22(30)14-28-10-6-9-17(12-28)40-41(34,35)37-15-20-19(39-24(32)16-7-4-3-5-8-16)11-21(38-20)29-13-18(26)23(31)27-25(29)33/h3-10,12-13,19-21H,2,11,14-15H2,1H3,(H-,27,31,33,34,35)/p+1/t19-,20+,21+/m0/s1. The number of nitrogens with one attached hydrogen (secondary N) is 1. The summed E-state index contributed by atoms with van der Waals surface area (Å²) >= 11 is 0. The molecule has 0 bridgehead atoms. The van der Waals surface area contributed by atoms with Crippen molar-refractivity contribution in [2.75, 3.05) is 13.2 Å². The molecule has 2 N–H and O–H groups in total. The number of esters is 2. The van der Waals surface area contributed by atoms with Crippen LogP contribution in [-0.4, -0.2) is 51.8 Å². The number of carbonyl (C=O) groups excluding carboxylic acids is 2. The van der Waals surface area contributed by atoms with Gasteiger partial charge in [-0.25, -0.2) is 18.9 Å². The summed E-state index contributed by atoms with van der Waals surface area (Å²) in [6.07, 6.45) is -0.264. The summed E-state index contributed by atoms with van der Waals surface area (Å²) in [5.41, 5.74) is -1.99. The van der Waals surface area contributed by atoms with Gasteiger partial charge in [-0.2, -0.15) is 8.96 Å². The number of phosphoric acid groups is 1. The van der Waals surface area contributed by atoms with Crippen molar-refractivity contribution in [3.8, 4) is 5.75 Å². The lowest BCUT2D eigenvalue weighted by atomic mass is 10.1. The highest BCUT2D eigenvalue weighted by Crippen LogP contribution is 2.44. The Hall–Kier alpha value is -4.17. The van der Waals surface area contributed by atoms with E-state index in [1.807, 2.05) is 4.98 Å². The highest BCUT2D eigenvalue weighted by molar-refractivity contribution is 7.47. The number of carbonyl (C=O) groups is 2. The molecule has 41 heavy (non-hydrogen) atoms. The molecule has 1 aliphatic rings. The van der Waals surface area contributed by atoms with E-state index in [9.17, 15) is 33.0 Å². The molecular weight excluding hydrogens is 568 g/mol. The molecule has 16 heteroatoms. The maximum absolute atomic E-state index is 13.9. The molecular formula is C25H26FN3O11P+. The van der Waals surface area contributed by atoms with Crippen molar-refractivity contribution >= 4 is 19.8 Å². The number of aromatic nitrogens is 3. The Kier molecular flexibility index (Phi) is 9.45. The van der Waals surface area contributed by atoms with Gasteiger partial charge in [0.25, 0.3) is 5.56 Å². The minimum Gasteiger partial charge on any atom is -0.461 e. The molecule has 1 aromatic carbocycles. The van der Waals surface area contributed by atoms with E-state index in [4.69, 9.17) is 23.3 Å². The van der Waals surface area contributed by atoms with Gasteiger partial charge in [0, 0.05) is 12.5 Å². The number of benzene rings is 1. The van der Waals surface area contributed by atoms with Crippen LogP contribution in [0.3, 0.4) is 0 Å². The minimum atomic E-state index is -4.79. The van der Waals surface area contributed by atoms with Crippen LogP contribution in [0, 0.1) is 5.82 Å². The Bertz CT molecular complexity index is 1560. The van der Waals surface area contributed by atoms with Crippen molar-refractivity contribution in [2.24, 2.45) is 0 Å². The lowest BCUT2D eigenvalue weighted by molar-refractivity contribution is -0.686. The first kappa shape index (κ1) is 29.8. The molecule has 4 rings (SSSR count). The van der Waals surface area contributed by atoms with Crippen molar-refractivity contribution < 1.29 is 51.3 Å². The lowest BCUT2D eigenvalue weighted by Crippen LogP contribution is -2.38. The van der Waals surface area contributed by atoms with Gasteiger partial charge in [-0.3, -0.25) is 23.8 Å². The first-order valence-electron chi connectivity index (χ1n) is 12.3.